The summed E-state index contributed by atoms with van der Waals surface area (Å²) in [6, 6.07) is 6.60. The monoisotopic (exact) mass is 292 g/mol. The van der Waals surface area contributed by atoms with Gasteiger partial charge in [0, 0.05) is 35.8 Å². The second-order valence-corrected chi connectivity index (χ2v) is 4.97. The molecule has 20 heavy (non-hydrogen) atoms. The van der Waals surface area contributed by atoms with Gasteiger partial charge in [-0.2, -0.15) is 0 Å². The van der Waals surface area contributed by atoms with Gasteiger partial charge in [0.1, 0.15) is 6.54 Å². The van der Waals surface area contributed by atoms with E-state index in [-0.39, 0.29) is 17.9 Å². The van der Waals surface area contributed by atoms with Gasteiger partial charge < -0.3 is 9.47 Å². The Bertz CT molecular complexity index is 690. The number of carbonyl (C=O) groups is 1. The van der Waals surface area contributed by atoms with Crippen molar-refractivity contribution in [1.82, 2.24) is 9.47 Å². The van der Waals surface area contributed by atoms with Crippen molar-refractivity contribution in [1.29, 1.82) is 0 Å². The summed E-state index contributed by atoms with van der Waals surface area (Å²) in [5.41, 5.74) is 0.636. The van der Waals surface area contributed by atoms with Crippen LogP contribution in [0.15, 0.2) is 35.3 Å². The quantitative estimate of drug-likeness (QED) is 0.869. The molecule has 0 aliphatic rings. The molecule has 0 fully saturated rings. The molecule has 106 valence electrons. The maximum Gasteiger partial charge on any atom is 0.242 e. The Balaban J connectivity index is 2.43. The number of rotatable bonds is 4. The molecule has 1 heterocycles. The fourth-order valence-corrected chi connectivity index (χ4v) is 2.42. The molecule has 4 nitrogen and oxygen atoms in total. The molecular weight excluding hydrogens is 276 g/mol. The van der Waals surface area contributed by atoms with E-state index in [9.17, 15) is 9.59 Å². The Morgan fingerprint density at radius 1 is 1.25 bits per heavy atom. The molecule has 0 unspecified atom stereocenters. The largest absolute Gasteiger partial charge is 0.342 e. The molecule has 5 heteroatoms. The predicted octanol–water partition coefficient (Wildman–Crippen LogP) is 2.52. The van der Waals surface area contributed by atoms with Crippen molar-refractivity contribution in [3.05, 3.63) is 45.7 Å². The molecule has 0 radical (unpaired) electrons. The number of nitrogens with zero attached hydrogens (tertiary/aromatic N) is 2. The third-order valence-electron chi connectivity index (χ3n) is 3.36. The molecule has 1 aromatic carbocycles. The SMILES string of the molecule is CCN(CC)C(=O)Cn1ccc(=O)c2cc(Cl)ccc21. The average Bonchev–Trinajstić information content (AvgIpc) is 2.43. The summed E-state index contributed by atoms with van der Waals surface area (Å²) < 4.78 is 1.79. The second kappa shape index (κ2) is 6.09. The number of carbonyl (C=O) groups excluding carboxylic acids is 1. The molecule has 0 spiro atoms. The lowest BCUT2D eigenvalue weighted by molar-refractivity contribution is -0.131. The van der Waals surface area contributed by atoms with Gasteiger partial charge in [0.25, 0.3) is 0 Å². The van der Waals surface area contributed by atoms with E-state index in [0.717, 1.165) is 5.52 Å². The minimum Gasteiger partial charge on any atom is -0.342 e. The second-order valence-electron chi connectivity index (χ2n) is 4.54. The lowest BCUT2D eigenvalue weighted by Gasteiger charge is -2.20. The number of hydrogen-bond donors (Lipinski definition) is 0. The highest BCUT2D eigenvalue weighted by Crippen LogP contribution is 2.16. The number of fused-ring (bicyclic) bond motifs is 1. The molecule has 0 aliphatic heterocycles. The summed E-state index contributed by atoms with van der Waals surface area (Å²) in [7, 11) is 0. The number of amides is 1. The van der Waals surface area contributed by atoms with Crippen LogP contribution < -0.4 is 5.43 Å². The van der Waals surface area contributed by atoms with Crippen LogP contribution in [0.5, 0.6) is 0 Å². The Kier molecular flexibility index (Phi) is 4.45. The van der Waals surface area contributed by atoms with Crippen LogP contribution in [0.4, 0.5) is 0 Å². The zero-order valence-electron chi connectivity index (χ0n) is 11.6. The standard InChI is InChI=1S/C15H17ClN2O2/c1-3-17(4-2)15(20)10-18-8-7-14(19)12-9-11(16)5-6-13(12)18/h5-9H,3-4,10H2,1-2H3. The van der Waals surface area contributed by atoms with Crippen LogP contribution in [0.25, 0.3) is 10.9 Å². The fourth-order valence-electron chi connectivity index (χ4n) is 2.24. The van der Waals surface area contributed by atoms with Crippen LogP contribution in [-0.2, 0) is 11.3 Å². The lowest BCUT2D eigenvalue weighted by Crippen LogP contribution is -2.33. The number of halogens is 1. The number of pyridine rings is 1. The van der Waals surface area contributed by atoms with E-state index in [4.69, 9.17) is 11.6 Å². The first-order valence-electron chi connectivity index (χ1n) is 6.63. The summed E-state index contributed by atoms with van der Waals surface area (Å²) in [5.74, 6) is 0.0369. The van der Waals surface area contributed by atoms with Gasteiger partial charge in [0.15, 0.2) is 5.43 Å². The molecule has 2 rings (SSSR count). The van der Waals surface area contributed by atoms with Crippen molar-refractivity contribution in [3.63, 3.8) is 0 Å². The predicted molar refractivity (Wildman–Crippen MR) is 81.1 cm³/mol. The Labute approximate surface area is 122 Å². The van der Waals surface area contributed by atoms with Crippen molar-refractivity contribution < 1.29 is 4.79 Å². The molecule has 0 N–H and O–H groups in total. The first-order valence-corrected chi connectivity index (χ1v) is 7.01. The summed E-state index contributed by atoms with van der Waals surface area (Å²) in [4.78, 5) is 25.8. The highest BCUT2D eigenvalue weighted by molar-refractivity contribution is 6.31. The molecule has 0 aliphatic carbocycles. The molecule has 0 atom stereocenters. The Morgan fingerprint density at radius 3 is 2.60 bits per heavy atom. The van der Waals surface area contributed by atoms with E-state index in [1.807, 2.05) is 13.8 Å². The van der Waals surface area contributed by atoms with Crippen LogP contribution in [0, 0.1) is 0 Å². The van der Waals surface area contributed by atoms with Gasteiger partial charge in [-0.25, -0.2) is 0 Å². The normalized spacial score (nSPS) is 10.8. The van der Waals surface area contributed by atoms with Crippen LogP contribution in [0.3, 0.4) is 0 Å². The van der Waals surface area contributed by atoms with E-state index in [1.165, 1.54) is 6.07 Å². The first kappa shape index (κ1) is 14.6. The van der Waals surface area contributed by atoms with Crippen LogP contribution in [0.2, 0.25) is 5.02 Å². The summed E-state index contributed by atoms with van der Waals surface area (Å²) >= 11 is 5.92. The Morgan fingerprint density at radius 2 is 1.95 bits per heavy atom. The van der Waals surface area contributed by atoms with E-state index < -0.39 is 0 Å². The van der Waals surface area contributed by atoms with Gasteiger partial charge in [0.2, 0.25) is 5.91 Å². The highest BCUT2D eigenvalue weighted by Gasteiger charge is 2.11. The van der Waals surface area contributed by atoms with Gasteiger partial charge in [-0.15, -0.1) is 0 Å². The van der Waals surface area contributed by atoms with Gasteiger partial charge in [-0.05, 0) is 32.0 Å². The highest BCUT2D eigenvalue weighted by atomic mass is 35.5. The van der Waals surface area contributed by atoms with Crippen LogP contribution in [-0.4, -0.2) is 28.5 Å². The summed E-state index contributed by atoms with van der Waals surface area (Å²) in [6.07, 6.45) is 1.65. The molecule has 0 saturated carbocycles. The van der Waals surface area contributed by atoms with Gasteiger partial charge in [0.05, 0.1) is 5.52 Å². The zero-order chi connectivity index (χ0) is 14.7. The first-order chi connectivity index (χ1) is 9.56. The van der Waals surface area contributed by atoms with Crippen molar-refractivity contribution >= 4 is 28.4 Å². The van der Waals surface area contributed by atoms with E-state index in [1.54, 1.807) is 33.9 Å². The van der Waals surface area contributed by atoms with E-state index in [2.05, 4.69) is 0 Å². The van der Waals surface area contributed by atoms with Crippen LogP contribution in [0.1, 0.15) is 13.8 Å². The molecule has 1 aromatic heterocycles. The molecule has 1 amide bonds. The number of benzene rings is 1. The maximum atomic E-state index is 12.2. The van der Waals surface area contributed by atoms with E-state index in [0.29, 0.717) is 23.5 Å². The zero-order valence-corrected chi connectivity index (χ0v) is 12.4. The fraction of sp³-hybridized carbons (Fsp3) is 0.333. The molecular formula is C15H17ClN2O2. The number of aromatic nitrogens is 1. The van der Waals surface area contributed by atoms with Gasteiger partial charge >= 0.3 is 0 Å². The van der Waals surface area contributed by atoms with Gasteiger partial charge in [-0.3, -0.25) is 9.59 Å². The van der Waals surface area contributed by atoms with E-state index >= 15 is 0 Å². The number of hydrogen-bond acceptors (Lipinski definition) is 2. The minimum atomic E-state index is -0.0889. The van der Waals surface area contributed by atoms with Crippen molar-refractivity contribution in [2.75, 3.05) is 13.1 Å². The molecule has 0 saturated heterocycles. The smallest absolute Gasteiger partial charge is 0.242 e. The Hall–Kier alpha value is -1.81. The average molecular weight is 293 g/mol. The van der Waals surface area contributed by atoms with Gasteiger partial charge in [-0.1, -0.05) is 11.6 Å². The number of likely N-dealkylation sites (N-methyl/N-ethyl adjacent to an activating group) is 1. The summed E-state index contributed by atoms with van der Waals surface area (Å²) in [5, 5.41) is 1.05. The summed E-state index contributed by atoms with van der Waals surface area (Å²) in [6.45, 7) is 5.48. The maximum absolute atomic E-state index is 12.2. The van der Waals surface area contributed by atoms with Crippen molar-refractivity contribution in [3.8, 4) is 0 Å². The van der Waals surface area contributed by atoms with Crippen molar-refractivity contribution in [2.24, 2.45) is 0 Å². The minimum absolute atomic E-state index is 0.0369. The lowest BCUT2D eigenvalue weighted by atomic mass is 10.2. The third kappa shape index (κ3) is 2.85. The molecule has 0 bridgehead atoms. The van der Waals surface area contributed by atoms with Crippen molar-refractivity contribution in [2.45, 2.75) is 20.4 Å². The molecule has 2 aromatic rings. The van der Waals surface area contributed by atoms with Crippen LogP contribution >= 0.6 is 11.6 Å². The topological polar surface area (TPSA) is 42.3 Å². The third-order valence-corrected chi connectivity index (χ3v) is 3.60.